The van der Waals surface area contributed by atoms with Gasteiger partial charge in [-0.05, 0) is 38.5 Å². The fourth-order valence-corrected chi connectivity index (χ4v) is 6.67. The van der Waals surface area contributed by atoms with Gasteiger partial charge in [0, 0.05) is 12.8 Å². The number of rotatable bonds is 40. The van der Waals surface area contributed by atoms with Crippen molar-refractivity contribution >= 4 is 19.8 Å². The van der Waals surface area contributed by atoms with Crippen molar-refractivity contribution in [2.75, 3.05) is 13.2 Å². The van der Waals surface area contributed by atoms with Crippen molar-refractivity contribution in [2.24, 2.45) is 0 Å². The van der Waals surface area contributed by atoms with Gasteiger partial charge in [-0.2, -0.15) is 0 Å². The first kappa shape index (κ1) is 49.8. The summed E-state index contributed by atoms with van der Waals surface area (Å²) in [7, 11) is -4.75. The van der Waals surface area contributed by atoms with Crippen LogP contribution in [-0.2, 0) is 28.2 Å². The average molecular weight is 745 g/mol. The van der Waals surface area contributed by atoms with Crippen LogP contribution < -0.4 is 0 Å². The van der Waals surface area contributed by atoms with Gasteiger partial charge >= 0.3 is 19.8 Å². The lowest BCUT2D eigenvalue weighted by molar-refractivity contribution is -0.161. The molecular weight excluding hydrogens is 663 g/mol. The van der Waals surface area contributed by atoms with Crippen molar-refractivity contribution < 1.29 is 37.9 Å². The molecule has 302 valence electrons. The molecule has 0 amide bonds. The van der Waals surface area contributed by atoms with E-state index in [1.54, 1.807) is 0 Å². The van der Waals surface area contributed by atoms with Crippen LogP contribution in [0.3, 0.4) is 0 Å². The molecule has 0 aliphatic heterocycles. The molecule has 0 heterocycles. The van der Waals surface area contributed by atoms with Crippen LogP contribution in [0, 0.1) is 0 Å². The summed E-state index contributed by atoms with van der Waals surface area (Å²) >= 11 is 0. The smallest absolute Gasteiger partial charge is 0.462 e. The first-order valence-corrected chi connectivity index (χ1v) is 23.0. The van der Waals surface area contributed by atoms with Gasteiger partial charge in [-0.3, -0.25) is 14.1 Å². The van der Waals surface area contributed by atoms with E-state index in [-0.39, 0.29) is 19.4 Å². The molecule has 51 heavy (non-hydrogen) atoms. The molecule has 0 spiro atoms. The first-order valence-electron chi connectivity index (χ1n) is 21.5. The number of phosphoric ester groups is 1. The minimum absolute atomic E-state index is 0.217. The fraction of sp³-hybridized carbons (Fsp3) is 0.905. The highest BCUT2D eigenvalue weighted by molar-refractivity contribution is 7.46. The molecule has 2 N–H and O–H groups in total. The van der Waals surface area contributed by atoms with Crippen LogP contribution in [0.15, 0.2) is 12.2 Å². The molecule has 0 bridgehead atoms. The number of carbonyl (C=O) groups excluding carboxylic acids is 2. The van der Waals surface area contributed by atoms with Crippen LogP contribution >= 0.6 is 7.82 Å². The molecule has 8 nitrogen and oxygen atoms in total. The van der Waals surface area contributed by atoms with Crippen LogP contribution in [0.25, 0.3) is 0 Å². The Bertz CT molecular complexity index is 843. The van der Waals surface area contributed by atoms with E-state index < -0.39 is 32.5 Å². The highest BCUT2D eigenvalue weighted by Crippen LogP contribution is 2.36. The van der Waals surface area contributed by atoms with Crippen LogP contribution in [0.5, 0.6) is 0 Å². The Kier molecular flexibility index (Phi) is 37.6. The summed E-state index contributed by atoms with van der Waals surface area (Å²) in [4.78, 5) is 42.8. The van der Waals surface area contributed by atoms with Crippen LogP contribution in [0.4, 0.5) is 0 Å². The van der Waals surface area contributed by atoms with E-state index >= 15 is 0 Å². The molecule has 0 radical (unpaired) electrons. The van der Waals surface area contributed by atoms with E-state index in [9.17, 15) is 14.2 Å². The fourth-order valence-electron chi connectivity index (χ4n) is 6.31. The van der Waals surface area contributed by atoms with Crippen molar-refractivity contribution in [3.63, 3.8) is 0 Å². The van der Waals surface area contributed by atoms with E-state index in [1.807, 2.05) is 0 Å². The summed E-state index contributed by atoms with van der Waals surface area (Å²) in [6, 6.07) is 0. The number of allylic oxidation sites excluding steroid dienone is 2. The summed E-state index contributed by atoms with van der Waals surface area (Å²) in [6.07, 6.45) is 42.2. The van der Waals surface area contributed by atoms with Gasteiger partial charge in [-0.15, -0.1) is 0 Å². The largest absolute Gasteiger partial charge is 0.469 e. The lowest BCUT2D eigenvalue weighted by atomic mass is 10.0. The molecule has 0 aliphatic carbocycles. The Morgan fingerprint density at radius 1 is 0.490 bits per heavy atom. The molecule has 0 rings (SSSR count). The number of esters is 2. The molecular formula is C42H81O8P. The third-order valence-corrected chi connectivity index (χ3v) is 10.0. The van der Waals surface area contributed by atoms with Gasteiger partial charge < -0.3 is 19.3 Å². The van der Waals surface area contributed by atoms with Crippen LogP contribution in [0.1, 0.15) is 226 Å². The number of hydrogen-bond donors (Lipinski definition) is 2. The van der Waals surface area contributed by atoms with E-state index in [0.29, 0.717) is 6.42 Å². The maximum atomic E-state index is 12.4. The number of phosphoric acid groups is 1. The third kappa shape index (κ3) is 41.4. The van der Waals surface area contributed by atoms with E-state index in [4.69, 9.17) is 19.3 Å². The van der Waals surface area contributed by atoms with Gasteiger partial charge in [-0.1, -0.05) is 187 Å². The van der Waals surface area contributed by atoms with Gasteiger partial charge in [0.2, 0.25) is 0 Å². The topological polar surface area (TPSA) is 119 Å². The number of hydrogen-bond acceptors (Lipinski definition) is 6. The minimum Gasteiger partial charge on any atom is -0.462 e. The lowest BCUT2D eigenvalue weighted by Crippen LogP contribution is -2.29. The van der Waals surface area contributed by atoms with Gasteiger partial charge in [0.25, 0.3) is 0 Å². The van der Waals surface area contributed by atoms with E-state index in [2.05, 4.69) is 30.5 Å². The second-order valence-electron chi connectivity index (χ2n) is 14.7. The lowest BCUT2D eigenvalue weighted by Gasteiger charge is -2.18. The zero-order chi connectivity index (χ0) is 37.5. The molecule has 0 saturated carbocycles. The molecule has 0 aliphatic rings. The Hall–Kier alpha value is -1.21. The maximum absolute atomic E-state index is 12.4. The normalized spacial score (nSPS) is 12.5. The van der Waals surface area contributed by atoms with Gasteiger partial charge in [0.1, 0.15) is 6.61 Å². The summed E-state index contributed by atoms with van der Waals surface area (Å²) in [6.45, 7) is 3.70. The molecule has 0 aromatic carbocycles. The quantitative estimate of drug-likeness (QED) is 0.0275. The van der Waals surface area contributed by atoms with E-state index in [1.165, 1.54) is 154 Å². The predicted molar refractivity (Wildman–Crippen MR) is 212 cm³/mol. The van der Waals surface area contributed by atoms with Gasteiger partial charge in [0.05, 0.1) is 6.61 Å². The summed E-state index contributed by atoms with van der Waals surface area (Å²) < 4.78 is 26.4. The summed E-state index contributed by atoms with van der Waals surface area (Å²) in [5.74, 6) is -0.875. The molecule has 0 fully saturated rings. The average Bonchev–Trinajstić information content (AvgIpc) is 3.10. The van der Waals surface area contributed by atoms with Crippen molar-refractivity contribution in [3.8, 4) is 0 Å². The highest BCUT2D eigenvalue weighted by Gasteiger charge is 2.22. The van der Waals surface area contributed by atoms with Crippen LogP contribution in [-0.4, -0.2) is 41.0 Å². The van der Waals surface area contributed by atoms with Gasteiger partial charge in [0.15, 0.2) is 6.10 Å². The van der Waals surface area contributed by atoms with E-state index in [0.717, 1.165) is 38.5 Å². The predicted octanol–water partition coefficient (Wildman–Crippen LogP) is 13.0. The second kappa shape index (κ2) is 38.5. The Balaban J connectivity index is 3.86. The molecule has 0 unspecified atom stereocenters. The molecule has 0 aromatic heterocycles. The van der Waals surface area contributed by atoms with Crippen LogP contribution in [0.2, 0.25) is 0 Å². The summed E-state index contributed by atoms with van der Waals surface area (Å²) in [5.41, 5.74) is 0. The van der Waals surface area contributed by atoms with Gasteiger partial charge in [-0.25, -0.2) is 4.57 Å². The van der Waals surface area contributed by atoms with Crippen molar-refractivity contribution in [3.05, 3.63) is 12.2 Å². The Morgan fingerprint density at radius 2 is 0.824 bits per heavy atom. The first-order chi connectivity index (χ1) is 24.8. The molecule has 0 saturated heterocycles. The third-order valence-electron chi connectivity index (χ3n) is 9.53. The number of unbranched alkanes of at least 4 members (excludes halogenated alkanes) is 28. The minimum atomic E-state index is -4.75. The molecule has 0 aromatic rings. The summed E-state index contributed by atoms with van der Waals surface area (Å²) in [5, 5.41) is 0. The maximum Gasteiger partial charge on any atom is 0.469 e. The Morgan fingerprint density at radius 3 is 1.20 bits per heavy atom. The van der Waals surface area contributed by atoms with Crippen molar-refractivity contribution in [2.45, 2.75) is 232 Å². The molecule has 9 heteroatoms. The number of ether oxygens (including phenoxy) is 2. The SMILES string of the molecule is CCCCCCCC/C=C/CCCCCCCCCCCC(=O)OC[C@H](COP(=O)(O)O)OC(=O)CCCCCCCCCCCCCCCC. The second-order valence-corrected chi connectivity index (χ2v) is 15.9. The number of carbonyl (C=O) groups is 2. The van der Waals surface area contributed by atoms with Crippen molar-refractivity contribution in [1.29, 1.82) is 0 Å². The molecule has 1 atom stereocenters. The zero-order valence-electron chi connectivity index (χ0n) is 33.3. The van der Waals surface area contributed by atoms with Crippen molar-refractivity contribution in [1.82, 2.24) is 0 Å². The zero-order valence-corrected chi connectivity index (χ0v) is 34.2. The Labute approximate surface area is 314 Å². The standard InChI is InChI=1S/C42H81O8P/c1-3-5-7-9-11-13-15-17-19-20-21-22-23-25-26-28-30-32-34-36-41(43)48-38-40(39-49-51(45,46)47)50-42(44)37-35-33-31-29-27-24-18-16-14-12-10-8-6-4-2/h17,19,40H,3-16,18,20-39H2,1-2H3,(H2,45,46,47)/b19-17+/t40-/m1/s1. The highest BCUT2D eigenvalue weighted by atomic mass is 31.2. The monoisotopic (exact) mass is 745 g/mol.